The van der Waals surface area contributed by atoms with E-state index in [1.54, 1.807) is 30.3 Å². The van der Waals surface area contributed by atoms with Gasteiger partial charge in [-0.3, -0.25) is 9.89 Å². The summed E-state index contributed by atoms with van der Waals surface area (Å²) >= 11 is 5.90. The van der Waals surface area contributed by atoms with E-state index in [0.29, 0.717) is 34.2 Å². The van der Waals surface area contributed by atoms with Crippen LogP contribution in [0.4, 0.5) is 0 Å². The van der Waals surface area contributed by atoms with Crippen molar-refractivity contribution in [2.45, 2.75) is 6.61 Å². The molecule has 0 radical (unpaired) electrons. The lowest BCUT2D eigenvalue weighted by Crippen LogP contribution is -2.18. The van der Waals surface area contributed by atoms with Crippen LogP contribution < -0.4 is 10.2 Å². The molecule has 0 spiro atoms. The van der Waals surface area contributed by atoms with E-state index < -0.39 is 11.9 Å². The molecule has 0 bridgehead atoms. The number of nitrogens with one attached hydrogen (secondary N) is 2. The second kappa shape index (κ2) is 11.1. The number of hydrogen-bond donors (Lipinski definition) is 2. The summed E-state index contributed by atoms with van der Waals surface area (Å²) in [6, 6.07) is 23.1. The van der Waals surface area contributed by atoms with Gasteiger partial charge in [-0.1, -0.05) is 35.9 Å². The number of rotatable bonds is 8. The standard InChI is InChI=1S/C26H21ClN4O4/c1-34-26(33)20-6-2-17(3-7-20)15-28-31-25(32)24-14-23(29-30-24)19-8-12-22(13-9-19)35-16-18-4-10-21(27)11-5-18/h2-15H,16H2,1H3,(H,29,30)(H,31,32). The van der Waals surface area contributed by atoms with Gasteiger partial charge in [0.15, 0.2) is 0 Å². The Kier molecular flexibility index (Phi) is 7.54. The first kappa shape index (κ1) is 23.7. The maximum Gasteiger partial charge on any atom is 0.337 e. The molecule has 9 heteroatoms. The first-order valence-corrected chi connectivity index (χ1v) is 10.9. The third-order valence-electron chi connectivity index (χ3n) is 5.00. The molecule has 8 nitrogen and oxygen atoms in total. The van der Waals surface area contributed by atoms with Gasteiger partial charge in [-0.15, -0.1) is 0 Å². The van der Waals surface area contributed by atoms with Gasteiger partial charge in [-0.05, 0) is 65.7 Å². The van der Waals surface area contributed by atoms with Crippen LogP contribution in [-0.2, 0) is 11.3 Å². The molecule has 2 N–H and O–H groups in total. The summed E-state index contributed by atoms with van der Waals surface area (Å²) in [7, 11) is 1.32. The lowest BCUT2D eigenvalue weighted by molar-refractivity contribution is 0.0600. The topological polar surface area (TPSA) is 106 Å². The third kappa shape index (κ3) is 6.33. The van der Waals surface area contributed by atoms with Gasteiger partial charge >= 0.3 is 5.97 Å². The molecule has 0 fully saturated rings. The number of ether oxygens (including phenoxy) is 2. The van der Waals surface area contributed by atoms with E-state index in [0.717, 1.165) is 11.1 Å². The molecule has 176 valence electrons. The molecule has 0 saturated heterocycles. The van der Waals surface area contributed by atoms with Gasteiger partial charge in [0.05, 0.1) is 24.6 Å². The number of hydrazone groups is 1. The second-order valence-electron chi connectivity index (χ2n) is 7.42. The maximum absolute atomic E-state index is 12.4. The zero-order valence-corrected chi connectivity index (χ0v) is 19.5. The van der Waals surface area contributed by atoms with E-state index in [9.17, 15) is 9.59 Å². The normalized spacial score (nSPS) is 10.8. The Hall–Kier alpha value is -4.43. The highest BCUT2D eigenvalue weighted by atomic mass is 35.5. The van der Waals surface area contributed by atoms with Crippen molar-refractivity contribution in [3.05, 3.63) is 106 Å². The molecule has 1 amide bonds. The zero-order valence-electron chi connectivity index (χ0n) is 18.7. The monoisotopic (exact) mass is 488 g/mol. The number of nitrogens with zero attached hydrogens (tertiary/aromatic N) is 2. The molecule has 0 aliphatic carbocycles. The van der Waals surface area contributed by atoms with Crippen molar-refractivity contribution in [2.24, 2.45) is 5.10 Å². The number of benzene rings is 3. The number of amides is 1. The zero-order chi connectivity index (χ0) is 24.6. The molecule has 4 aromatic rings. The van der Waals surface area contributed by atoms with Gasteiger partial charge in [0.1, 0.15) is 18.1 Å². The van der Waals surface area contributed by atoms with Gasteiger partial charge in [-0.25, -0.2) is 10.2 Å². The molecule has 0 saturated carbocycles. The van der Waals surface area contributed by atoms with E-state index in [1.807, 2.05) is 48.5 Å². The molecule has 0 aliphatic rings. The summed E-state index contributed by atoms with van der Waals surface area (Å²) in [5.41, 5.74) is 6.31. The Bertz CT molecular complexity index is 1330. The number of halogens is 1. The third-order valence-corrected chi connectivity index (χ3v) is 5.25. The summed E-state index contributed by atoms with van der Waals surface area (Å²) in [6.45, 7) is 0.430. The van der Waals surface area contributed by atoms with E-state index in [-0.39, 0.29) is 5.69 Å². The molecular weight excluding hydrogens is 468 g/mol. The van der Waals surface area contributed by atoms with Crippen LogP contribution in [0, 0.1) is 0 Å². The van der Waals surface area contributed by atoms with E-state index in [2.05, 4.69) is 25.5 Å². The van der Waals surface area contributed by atoms with Crippen molar-refractivity contribution in [2.75, 3.05) is 7.11 Å². The molecule has 1 heterocycles. The molecule has 35 heavy (non-hydrogen) atoms. The predicted octanol–water partition coefficient (Wildman–Crippen LogP) is 4.86. The Balaban J connectivity index is 1.31. The number of aromatic nitrogens is 2. The van der Waals surface area contributed by atoms with Crippen LogP contribution in [0.1, 0.15) is 32.0 Å². The van der Waals surface area contributed by atoms with Crippen molar-refractivity contribution in [3.63, 3.8) is 0 Å². The maximum atomic E-state index is 12.4. The average molecular weight is 489 g/mol. The highest BCUT2D eigenvalue weighted by Crippen LogP contribution is 2.22. The first-order chi connectivity index (χ1) is 17.0. The quantitative estimate of drug-likeness (QED) is 0.209. The molecule has 0 unspecified atom stereocenters. The van der Waals surface area contributed by atoms with E-state index in [1.165, 1.54) is 13.3 Å². The minimum atomic E-state index is -0.436. The van der Waals surface area contributed by atoms with Gasteiger partial charge < -0.3 is 9.47 Å². The fourth-order valence-corrected chi connectivity index (χ4v) is 3.23. The van der Waals surface area contributed by atoms with Gasteiger partial charge in [-0.2, -0.15) is 10.2 Å². The van der Waals surface area contributed by atoms with Crippen molar-refractivity contribution < 1.29 is 19.1 Å². The minimum Gasteiger partial charge on any atom is -0.489 e. The summed E-state index contributed by atoms with van der Waals surface area (Å²) in [4.78, 5) is 23.8. The Morgan fingerprint density at radius 2 is 1.74 bits per heavy atom. The Morgan fingerprint density at radius 1 is 1.03 bits per heavy atom. The summed E-state index contributed by atoms with van der Waals surface area (Å²) in [5, 5.41) is 11.5. The molecule has 4 rings (SSSR count). The fourth-order valence-electron chi connectivity index (χ4n) is 3.10. The van der Waals surface area contributed by atoms with Crippen LogP contribution in [-0.4, -0.2) is 35.4 Å². The number of methoxy groups -OCH3 is 1. The summed E-state index contributed by atoms with van der Waals surface area (Å²) in [5.74, 6) is -0.141. The van der Waals surface area contributed by atoms with Crippen molar-refractivity contribution in [1.82, 2.24) is 15.6 Å². The SMILES string of the molecule is COC(=O)c1ccc(C=NNC(=O)c2cc(-c3ccc(OCc4ccc(Cl)cc4)cc3)n[nH]2)cc1. The van der Waals surface area contributed by atoms with Crippen LogP contribution >= 0.6 is 11.6 Å². The van der Waals surface area contributed by atoms with Gasteiger partial charge in [0, 0.05) is 10.6 Å². The van der Waals surface area contributed by atoms with Crippen LogP contribution in [0.5, 0.6) is 5.75 Å². The number of carbonyl (C=O) groups excluding carboxylic acids is 2. The Labute approximate surface area is 206 Å². The largest absolute Gasteiger partial charge is 0.489 e. The lowest BCUT2D eigenvalue weighted by Gasteiger charge is -2.07. The number of carbonyl (C=O) groups is 2. The number of esters is 1. The highest BCUT2D eigenvalue weighted by Gasteiger charge is 2.11. The fraction of sp³-hybridized carbons (Fsp3) is 0.0769. The number of hydrogen-bond acceptors (Lipinski definition) is 6. The van der Waals surface area contributed by atoms with Gasteiger partial charge in [0.2, 0.25) is 0 Å². The van der Waals surface area contributed by atoms with Crippen LogP contribution in [0.2, 0.25) is 5.02 Å². The average Bonchev–Trinajstić information content (AvgIpc) is 3.39. The predicted molar refractivity (Wildman–Crippen MR) is 133 cm³/mol. The van der Waals surface area contributed by atoms with E-state index in [4.69, 9.17) is 16.3 Å². The minimum absolute atomic E-state index is 0.265. The highest BCUT2D eigenvalue weighted by molar-refractivity contribution is 6.30. The van der Waals surface area contributed by atoms with E-state index >= 15 is 0 Å². The van der Waals surface area contributed by atoms with Crippen molar-refractivity contribution in [3.8, 4) is 17.0 Å². The molecule has 0 atom stereocenters. The summed E-state index contributed by atoms with van der Waals surface area (Å²) < 4.78 is 10.5. The molecule has 0 aliphatic heterocycles. The van der Waals surface area contributed by atoms with Crippen molar-refractivity contribution in [1.29, 1.82) is 0 Å². The van der Waals surface area contributed by atoms with Crippen LogP contribution in [0.25, 0.3) is 11.3 Å². The Morgan fingerprint density at radius 3 is 2.43 bits per heavy atom. The smallest absolute Gasteiger partial charge is 0.337 e. The van der Waals surface area contributed by atoms with Crippen molar-refractivity contribution >= 4 is 29.7 Å². The molecular formula is C26H21ClN4O4. The molecule has 1 aromatic heterocycles. The summed E-state index contributed by atoms with van der Waals surface area (Å²) in [6.07, 6.45) is 1.47. The number of H-pyrrole nitrogens is 1. The number of aromatic amines is 1. The van der Waals surface area contributed by atoms with Crippen LogP contribution in [0.15, 0.2) is 84.0 Å². The second-order valence-corrected chi connectivity index (χ2v) is 7.86. The van der Waals surface area contributed by atoms with Gasteiger partial charge in [0.25, 0.3) is 5.91 Å². The van der Waals surface area contributed by atoms with Crippen LogP contribution in [0.3, 0.4) is 0 Å². The lowest BCUT2D eigenvalue weighted by atomic mass is 10.1. The molecule has 3 aromatic carbocycles. The first-order valence-electron chi connectivity index (χ1n) is 10.6.